The molecule has 0 unspecified atom stereocenters. The van der Waals surface area contributed by atoms with Crippen molar-refractivity contribution >= 4 is 5.69 Å². The molecule has 0 spiro atoms. The Kier molecular flexibility index (Phi) is 2.27. The first-order valence-electron chi connectivity index (χ1n) is 4.44. The van der Waals surface area contributed by atoms with Crippen molar-refractivity contribution in [3.8, 4) is 0 Å². The van der Waals surface area contributed by atoms with Crippen LogP contribution in [-0.2, 0) is 6.54 Å². The minimum Gasteiger partial charge on any atom is -0.363 e. The Hall–Kier alpha value is -1.35. The Morgan fingerprint density at radius 3 is 2.85 bits per heavy atom. The Morgan fingerprint density at radius 1 is 1.38 bits per heavy atom. The van der Waals surface area contributed by atoms with Crippen molar-refractivity contribution in [2.75, 3.05) is 18.0 Å². The molecule has 1 aromatic rings. The fourth-order valence-corrected chi connectivity index (χ4v) is 1.55. The number of hydrogen-bond acceptors (Lipinski definition) is 3. The molecule has 0 amide bonds. The maximum atomic E-state index is 5.64. The van der Waals surface area contributed by atoms with Gasteiger partial charge in [0.15, 0.2) is 0 Å². The van der Waals surface area contributed by atoms with E-state index >= 15 is 0 Å². The molecule has 13 heavy (non-hydrogen) atoms. The van der Waals surface area contributed by atoms with Crippen LogP contribution in [-0.4, -0.2) is 18.1 Å². The number of nitrogens with two attached hydrogens (primary N) is 1. The van der Waals surface area contributed by atoms with Gasteiger partial charge < -0.3 is 10.6 Å². The highest BCUT2D eigenvalue weighted by Gasteiger charge is 2.10. The molecular weight excluding hydrogens is 162 g/mol. The van der Waals surface area contributed by atoms with Crippen LogP contribution in [0.15, 0.2) is 30.6 Å². The van der Waals surface area contributed by atoms with E-state index in [4.69, 9.17) is 5.73 Å². The van der Waals surface area contributed by atoms with Crippen LogP contribution >= 0.6 is 0 Å². The Bertz CT molecular complexity index is 312. The average Bonchev–Trinajstić information content (AvgIpc) is 2.70. The molecule has 68 valence electrons. The largest absolute Gasteiger partial charge is 0.363 e. The van der Waals surface area contributed by atoms with Gasteiger partial charge in [-0.2, -0.15) is 0 Å². The molecule has 1 aliphatic heterocycles. The second-order valence-electron chi connectivity index (χ2n) is 3.08. The molecule has 0 radical (unpaired) electrons. The fourth-order valence-electron chi connectivity index (χ4n) is 1.55. The third-order valence-electron chi connectivity index (χ3n) is 2.27. The predicted octanol–water partition coefficient (Wildman–Crippen LogP) is 0.917. The molecule has 1 aliphatic rings. The molecule has 0 bridgehead atoms. The smallest absolute Gasteiger partial charge is 0.0603 e. The third-order valence-corrected chi connectivity index (χ3v) is 2.27. The van der Waals surface area contributed by atoms with Gasteiger partial charge in [0.2, 0.25) is 0 Å². The number of nitrogens with zero attached hydrogens (tertiary/aromatic N) is 2. The highest BCUT2D eigenvalue weighted by Crippen LogP contribution is 2.20. The standard InChI is InChI=1S/C10H13N3/c11-7-9-3-4-12-8-10(9)13-5-1-2-6-13/h1-4,8H,5-7,11H2. The number of aromatic nitrogens is 1. The summed E-state index contributed by atoms with van der Waals surface area (Å²) in [7, 11) is 0. The van der Waals surface area contributed by atoms with Crippen LogP contribution < -0.4 is 10.6 Å². The molecular formula is C10H13N3. The van der Waals surface area contributed by atoms with Crippen molar-refractivity contribution in [2.45, 2.75) is 6.54 Å². The molecule has 0 saturated heterocycles. The summed E-state index contributed by atoms with van der Waals surface area (Å²) in [5.74, 6) is 0. The van der Waals surface area contributed by atoms with E-state index < -0.39 is 0 Å². The zero-order valence-corrected chi connectivity index (χ0v) is 7.48. The molecule has 2 heterocycles. The number of hydrogen-bond donors (Lipinski definition) is 1. The highest BCUT2D eigenvalue weighted by atomic mass is 15.1. The van der Waals surface area contributed by atoms with E-state index in [0.717, 1.165) is 18.8 Å². The van der Waals surface area contributed by atoms with Crippen molar-refractivity contribution in [3.05, 3.63) is 36.2 Å². The Balaban J connectivity index is 2.27. The zero-order chi connectivity index (χ0) is 9.10. The van der Waals surface area contributed by atoms with Crippen molar-refractivity contribution in [2.24, 2.45) is 5.73 Å². The number of rotatable bonds is 2. The van der Waals surface area contributed by atoms with Gasteiger partial charge in [0.1, 0.15) is 0 Å². The van der Waals surface area contributed by atoms with Crippen molar-refractivity contribution in [1.29, 1.82) is 0 Å². The van der Waals surface area contributed by atoms with Gasteiger partial charge in [0, 0.05) is 25.8 Å². The first-order chi connectivity index (χ1) is 6.42. The summed E-state index contributed by atoms with van der Waals surface area (Å²) in [5, 5.41) is 0. The van der Waals surface area contributed by atoms with Crippen molar-refractivity contribution in [1.82, 2.24) is 4.98 Å². The van der Waals surface area contributed by atoms with Crippen LogP contribution in [0.3, 0.4) is 0 Å². The van der Waals surface area contributed by atoms with Gasteiger partial charge in [-0.15, -0.1) is 0 Å². The monoisotopic (exact) mass is 175 g/mol. The SMILES string of the molecule is NCc1ccncc1N1CC=CC1. The molecule has 3 nitrogen and oxygen atoms in total. The lowest BCUT2D eigenvalue weighted by Gasteiger charge is -2.19. The lowest BCUT2D eigenvalue weighted by Crippen LogP contribution is -2.21. The summed E-state index contributed by atoms with van der Waals surface area (Å²) in [6.45, 7) is 2.52. The molecule has 0 aliphatic carbocycles. The summed E-state index contributed by atoms with van der Waals surface area (Å²) >= 11 is 0. The molecule has 0 aromatic carbocycles. The molecule has 0 atom stereocenters. The van der Waals surface area contributed by atoms with Crippen molar-refractivity contribution < 1.29 is 0 Å². The van der Waals surface area contributed by atoms with Gasteiger partial charge in [0.25, 0.3) is 0 Å². The van der Waals surface area contributed by atoms with E-state index in [1.807, 2.05) is 12.3 Å². The Labute approximate surface area is 77.9 Å². The van der Waals surface area contributed by atoms with Crippen LogP contribution in [0.1, 0.15) is 5.56 Å². The van der Waals surface area contributed by atoms with Gasteiger partial charge in [-0.25, -0.2) is 0 Å². The topological polar surface area (TPSA) is 42.1 Å². The zero-order valence-electron chi connectivity index (χ0n) is 7.48. The molecule has 3 heteroatoms. The summed E-state index contributed by atoms with van der Waals surface area (Å²) in [5.41, 5.74) is 7.97. The number of pyridine rings is 1. The van der Waals surface area contributed by atoms with Crippen LogP contribution in [0.25, 0.3) is 0 Å². The lowest BCUT2D eigenvalue weighted by molar-refractivity contribution is 0.956. The van der Waals surface area contributed by atoms with E-state index in [1.165, 1.54) is 5.56 Å². The molecule has 0 saturated carbocycles. The summed E-state index contributed by atoms with van der Waals surface area (Å²) in [4.78, 5) is 6.37. The second kappa shape index (κ2) is 3.58. The van der Waals surface area contributed by atoms with E-state index in [1.54, 1.807) is 6.20 Å². The van der Waals surface area contributed by atoms with E-state index in [0.29, 0.717) is 6.54 Å². The number of anilines is 1. The summed E-state index contributed by atoms with van der Waals surface area (Å²) < 4.78 is 0. The highest BCUT2D eigenvalue weighted by molar-refractivity contribution is 5.53. The predicted molar refractivity (Wildman–Crippen MR) is 53.5 cm³/mol. The second-order valence-corrected chi connectivity index (χ2v) is 3.08. The molecule has 2 N–H and O–H groups in total. The van der Waals surface area contributed by atoms with Gasteiger partial charge in [-0.1, -0.05) is 12.2 Å². The molecule has 1 aromatic heterocycles. The molecule has 2 rings (SSSR count). The minimum atomic E-state index is 0.578. The maximum absolute atomic E-state index is 5.64. The average molecular weight is 175 g/mol. The fraction of sp³-hybridized carbons (Fsp3) is 0.300. The summed E-state index contributed by atoms with van der Waals surface area (Å²) in [6, 6.07) is 1.98. The van der Waals surface area contributed by atoms with Crippen LogP contribution in [0.4, 0.5) is 5.69 Å². The quantitative estimate of drug-likeness (QED) is 0.679. The van der Waals surface area contributed by atoms with E-state index in [9.17, 15) is 0 Å². The third kappa shape index (κ3) is 1.55. The molecule has 0 fully saturated rings. The lowest BCUT2D eigenvalue weighted by atomic mass is 10.2. The maximum Gasteiger partial charge on any atom is 0.0603 e. The first-order valence-corrected chi connectivity index (χ1v) is 4.44. The van der Waals surface area contributed by atoms with Crippen LogP contribution in [0.2, 0.25) is 0 Å². The first kappa shape index (κ1) is 8.26. The summed E-state index contributed by atoms with van der Waals surface area (Å²) in [6.07, 6.45) is 7.99. The minimum absolute atomic E-state index is 0.578. The van der Waals surface area contributed by atoms with Gasteiger partial charge in [-0.3, -0.25) is 4.98 Å². The van der Waals surface area contributed by atoms with Crippen molar-refractivity contribution in [3.63, 3.8) is 0 Å². The van der Waals surface area contributed by atoms with E-state index in [-0.39, 0.29) is 0 Å². The van der Waals surface area contributed by atoms with E-state index in [2.05, 4.69) is 22.0 Å². The van der Waals surface area contributed by atoms with Crippen LogP contribution in [0.5, 0.6) is 0 Å². The van der Waals surface area contributed by atoms with Crippen LogP contribution in [0, 0.1) is 0 Å². The van der Waals surface area contributed by atoms with Gasteiger partial charge in [-0.05, 0) is 11.6 Å². The Morgan fingerprint density at radius 2 is 2.15 bits per heavy atom. The normalized spacial score (nSPS) is 15.3. The van der Waals surface area contributed by atoms with Gasteiger partial charge in [0.05, 0.1) is 11.9 Å². The van der Waals surface area contributed by atoms with Gasteiger partial charge >= 0.3 is 0 Å².